The summed E-state index contributed by atoms with van der Waals surface area (Å²) in [4.78, 5) is 19.9. The molecular weight excluding hydrogens is 172 g/mol. The standard InChI is InChI=1S/C5H8O2.C4H6O2/c1-3-5(6)7-4-2;1-3-4(5)6-2/h3H,1,4H2,2H3;3H,1H2,2H3. The third-order valence-electron chi connectivity index (χ3n) is 0.821. The smallest absolute Gasteiger partial charge is 0.330 e. The van der Waals surface area contributed by atoms with Gasteiger partial charge in [-0.1, -0.05) is 13.2 Å². The van der Waals surface area contributed by atoms with Crippen molar-refractivity contribution in [3.05, 3.63) is 25.3 Å². The van der Waals surface area contributed by atoms with Gasteiger partial charge in [0, 0.05) is 12.2 Å². The minimum Gasteiger partial charge on any atom is -0.466 e. The molecule has 0 saturated heterocycles. The van der Waals surface area contributed by atoms with E-state index in [2.05, 4.69) is 22.6 Å². The summed E-state index contributed by atoms with van der Waals surface area (Å²) in [6.45, 7) is 8.53. The second-order valence-corrected chi connectivity index (χ2v) is 1.68. The van der Waals surface area contributed by atoms with E-state index in [0.717, 1.165) is 12.2 Å². The number of methoxy groups -OCH3 is 1. The Hall–Kier alpha value is -1.58. The number of rotatable bonds is 3. The van der Waals surface area contributed by atoms with Crippen molar-refractivity contribution >= 4 is 11.9 Å². The molecule has 0 N–H and O–H groups in total. The molecule has 0 saturated carbocycles. The fourth-order valence-corrected chi connectivity index (χ4v) is 0.285. The summed E-state index contributed by atoms with van der Waals surface area (Å²) in [5.41, 5.74) is 0. The predicted molar refractivity (Wildman–Crippen MR) is 49.0 cm³/mol. The van der Waals surface area contributed by atoms with E-state index in [4.69, 9.17) is 0 Å². The molecule has 4 nitrogen and oxygen atoms in total. The maximum absolute atomic E-state index is 10.1. The molecule has 0 aliphatic carbocycles. The molecule has 0 rings (SSSR count). The molecule has 0 amide bonds. The van der Waals surface area contributed by atoms with Crippen LogP contribution in [0.3, 0.4) is 0 Å². The molecule has 0 heterocycles. The molecule has 0 aliphatic heterocycles. The molecule has 0 aromatic heterocycles. The number of hydrogen-bond acceptors (Lipinski definition) is 4. The summed E-state index contributed by atoms with van der Waals surface area (Å²) in [5, 5.41) is 0. The molecule has 0 radical (unpaired) electrons. The van der Waals surface area contributed by atoms with E-state index in [9.17, 15) is 9.59 Å². The molecule has 0 aliphatic rings. The normalized spacial score (nSPS) is 7.23. The number of ether oxygens (including phenoxy) is 2. The van der Waals surface area contributed by atoms with Gasteiger partial charge in [0.25, 0.3) is 0 Å². The van der Waals surface area contributed by atoms with Gasteiger partial charge in [-0.3, -0.25) is 0 Å². The molecule has 13 heavy (non-hydrogen) atoms. The highest BCUT2D eigenvalue weighted by Crippen LogP contribution is 1.74. The van der Waals surface area contributed by atoms with Crippen molar-refractivity contribution in [3.63, 3.8) is 0 Å². The van der Waals surface area contributed by atoms with Gasteiger partial charge in [0.2, 0.25) is 0 Å². The average Bonchev–Trinajstić information content (AvgIpc) is 2.18. The zero-order valence-electron chi connectivity index (χ0n) is 7.91. The Bertz CT molecular complexity index is 184. The topological polar surface area (TPSA) is 52.6 Å². The Labute approximate surface area is 77.8 Å². The highest BCUT2D eigenvalue weighted by atomic mass is 16.5. The van der Waals surface area contributed by atoms with Gasteiger partial charge in [-0.2, -0.15) is 0 Å². The first-order valence-corrected chi connectivity index (χ1v) is 3.61. The molecule has 0 unspecified atom stereocenters. The van der Waals surface area contributed by atoms with Crippen LogP contribution in [0.15, 0.2) is 25.3 Å². The highest BCUT2D eigenvalue weighted by Gasteiger charge is 1.86. The minimum atomic E-state index is -0.394. The molecule has 0 fully saturated rings. The van der Waals surface area contributed by atoms with E-state index in [1.54, 1.807) is 6.92 Å². The van der Waals surface area contributed by atoms with E-state index in [0.29, 0.717) is 6.61 Å². The van der Waals surface area contributed by atoms with Crippen LogP contribution in [0.2, 0.25) is 0 Å². The largest absolute Gasteiger partial charge is 0.466 e. The molecule has 0 aromatic rings. The molecule has 0 aromatic carbocycles. The maximum atomic E-state index is 10.1. The van der Waals surface area contributed by atoms with Crippen LogP contribution >= 0.6 is 0 Å². The lowest BCUT2D eigenvalue weighted by Crippen LogP contribution is -1.97. The van der Waals surface area contributed by atoms with Crippen molar-refractivity contribution in [3.8, 4) is 0 Å². The van der Waals surface area contributed by atoms with Gasteiger partial charge in [0.1, 0.15) is 0 Å². The predicted octanol–water partition coefficient (Wildman–Crippen LogP) is 1.08. The average molecular weight is 186 g/mol. The van der Waals surface area contributed by atoms with Crippen LogP contribution in [0.5, 0.6) is 0 Å². The van der Waals surface area contributed by atoms with Crippen LogP contribution in [-0.2, 0) is 19.1 Å². The van der Waals surface area contributed by atoms with Gasteiger partial charge >= 0.3 is 11.9 Å². The molecule has 0 atom stereocenters. The lowest BCUT2D eigenvalue weighted by Gasteiger charge is -1.90. The van der Waals surface area contributed by atoms with E-state index in [1.165, 1.54) is 7.11 Å². The number of carbonyl (C=O) groups is 2. The Morgan fingerprint density at radius 2 is 1.69 bits per heavy atom. The first kappa shape index (κ1) is 14.0. The zero-order valence-corrected chi connectivity index (χ0v) is 7.91. The Kier molecular flexibility index (Phi) is 11.2. The van der Waals surface area contributed by atoms with Gasteiger partial charge < -0.3 is 9.47 Å². The first-order valence-electron chi connectivity index (χ1n) is 3.61. The van der Waals surface area contributed by atoms with Gasteiger partial charge in [-0.05, 0) is 6.92 Å². The second-order valence-electron chi connectivity index (χ2n) is 1.68. The summed E-state index contributed by atoms with van der Waals surface area (Å²) in [6.07, 6.45) is 2.25. The summed E-state index contributed by atoms with van der Waals surface area (Å²) in [6, 6.07) is 0. The van der Waals surface area contributed by atoms with Crippen LogP contribution in [-0.4, -0.2) is 25.7 Å². The van der Waals surface area contributed by atoms with Crippen LogP contribution in [0, 0.1) is 0 Å². The van der Waals surface area contributed by atoms with Gasteiger partial charge in [0.15, 0.2) is 0 Å². The maximum Gasteiger partial charge on any atom is 0.330 e. The summed E-state index contributed by atoms with van der Waals surface area (Å²) in [7, 11) is 1.31. The Morgan fingerprint density at radius 1 is 1.23 bits per heavy atom. The Balaban J connectivity index is 0. The summed E-state index contributed by atoms with van der Waals surface area (Å²) < 4.78 is 8.58. The van der Waals surface area contributed by atoms with Gasteiger partial charge in [0.05, 0.1) is 13.7 Å². The quantitative estimate of drug-likeness (QED) is 0.489. The van der Waals surface area contributed by atoms with Crippen LogP contribution in [0.1, 0.15) is 6.92 Å². The van der Waals surface area contributed by atoms with Crippen molar-refractivity contribution in [2.75, 3.05) is 13.7 Å². The lowest BCUT2D eigenvalue weighted by molar-refractivity contribution is -0.137. The molecule has 0 bridgehead atoms. The summed E-state index contributed by atoms with van der Waals surface area (Å²) in [5.74, 6) is -0.752. The molecule has 0 spiro atoms. The Morgan fingerprint density at radius 3 is 1.77 bits per heavy atom. The number of carbonyl (C=O) groups excluding carboxylic acids is 2. The van der Waals surface area contributed by atoms with Crippen LogP contribution in [0.4, 0.5) is 0 Å². The van der Waals surface area contributed by atoms with Crippen molar-refractivity contribution in [2.24, 2.45) is 0 Å². The van der Waals surface area contributed by atoms with E-state index < -0.39 is 5.97 Å². The third-order valence-corrected chi connectivity index (χ3v) is 0.821. The molecular formula is C9H14O4. The minimum absolute atomic E-state index is 0.359. The van der Waals surface area contributed by atoms with Crippen molar-refractivity contribution in [1.29, 1.82) is 0 Å². The lowest BCUT2D eigenvalue weighted by atomic mass is 10.6. The van der Waals surface area contributed by atoms with E-state index >= 15 is 0 Å². The van der Waals surface area contributed by atoms with Crippen molar-refractivity contribution in [1.82, 2.24) is 0 Å². The SMILES string of the molecule is C=CC(=O)OC.C=CC(=O)OCC. The zero-order chi connectivity index (χ0) is 10.7. The van der Waals surface area contributed by atoms with E-state index in [1.807, 2.05) is 0 Å². The van der Waals surface area contributed by atoms with Gasteiger partial charge in [-0.25, -0.2) is 9.59 Å². The number of esters is 2. The molecule has 74 valence electrons. The summed E-state index contributed by atoms with van der Waals surface area (Å²) >= 11 is 0. The van der Waals surface area contributed by atoms with Gasteiger partial charge in [-0.15, -0.1) is 0 Å². The van der Waals surface area contributed by atoms with Crippen LogP contribution < -0.4 is 0 Å². The van der Waals surface area contributed by atoms with Crippen LogP contribution in [0.25, 0.3) is 0 Å². The fourth-order valence-electron chi connectivity index (χ4n) is 0.285. The number of hydrogen-bond donors (Lipinski definition) is 0. The monoisotopic (exact) mass is 186 g/mol. The first-order chi connectivity index (χ1) is 6.12. The van der Waals surface area contributed by atoms with Crippen molar-refractivity contribution in [2.45, 2.75) is 6.92 Å². The van der Waals surface area contributed by atoms with E-state index in [-0.39, 0.29) is 5.97 Å². The van der Waals surface area contributed by atoms with Crippen molar-refractivity contribution < 1.29 is 19.1 Å². The fraction of sp³-hybridized carbons (Fsp3) is 0.333. The second kappa shape index (κ2) is 10.4. The molecule has 4 heteroatoms. The third kappa shape index (κ3) is 13.4. The highest BCUT2D eigenvalue weighted by molar-refractivity contribution is 5.81.